The Morgan fingerprint density at radius 1 is 1.19 bits per heavy atom. The summed E-state index contributed by atoms with van der Waals surface area (Å²) in [5, 5.41) is 18.7. The molecule has 0 bridgehead atoms. The van der Waals surface area contributed by atoms with Gasteiger partial charge in [-0.25, -0.2) is 0 Å². The van der Waals surface area contributed by atoms with Crippen LogP contribution in [0, 0.1) is 0 Å². The van der Waals surface area contributed by atoms with Crippen molar-refractivity contribution in [3.05, 3.63) is 0 Å². The van der Waals surface area contributed by atoms with Gasteiger partial charge in [0, 0.05) is 13.8 Å². The number of hydrogen-bond donors (Lipinski definition) is 2. The Kier molecular flexibility index (Phi) is 4.22. The molecule has 0 radical (unpaired) electrons. The average molecular weight is 234 g/mol. The third-order valence-corrected chi connectivity index (χ3v) is 2.05. The Morgan fingerprint density at radius 3 is 2.25 bits per heavy atom. The van der Waals surface area contributed by atoms with Crippen LogP contribution in [0.1, 0.15) is 13.8 Å². The van der Waals surface area contributed by atoms with Crippen LogP contribution in [0.15, 0.2) is 0 Å². The lowest BCUT2D eigenvalue weighted by Crippen LogP contribution is -2.55. The predicted octanol–water partition coefficient (Wildman–Crippen LogP) is -1.44. The Bertz CT molecular complexity index is 277. The van der Waals surface area contributed by atoms with Crippen LogP contribution in [0.4, 0.5) is 0 Å². The van der Waals surface area contributed by atoms with Gasteiger partial charge in [0.05, 0.1) is 6.61 Å². The van der Waals surface area contributed by atoms with E-state index in [1.165, 1.54) is 6.92 Å². The molecule has 2 N–H and O–H groups in total. The number of carbonyl (C=O) groups is 2. The van der Waals surface area contributed by atoms with Gasteiger partial charge in [0.15, 0.2) is 18.5 Å². The summed E-state index contributed by atoms with van der Waals surface area (Å²) in [5.41, 5.74) is 0. The number of aliphatic hydroxyl groups excluding tert-OH is 2. The average Bonchev–Trinajstić information content (AvgIpc) is 2.16. The quantitative estimate of drug-likeness (QED) is 0.564. The molecule has 0 aromatic carbocycles. The van der Waals surface area contributed by atoms with Gasteiger partial charge in [0.2, 0.25) is 0 Å². The van der Waals surface area contributed by atoms with Gasteiger partial charge in [-0.05, 0) is 0 Å². The zero-order valence-electron chi connectivity index (χ0n) is 8.95. The molecule has 92 valence electrons. The molecule has 1 fully saturated rings. The first kappa shape index (κ1) is 12.9. The van der Waals surface area contributed by atoms with Crippen molar-refractivity contribution in [1.29, 1.82) is 0 Å². The molecule has 0 aromatic heterocycles. The smallest absolute Gasteiger partial charge is 0.303 e. The predicted molar refractivity (Wildman–Crippen MR) is 49.1 cm³/mol. The number of aliphatic hydroxyl groups is 2. The lowest BCUT2D eigenvalue weighted by molar-refractivity contribution is -0.261. The summed E-state index contributed by atoms with van der Waals surface area (Å²) in [4.78, 5) is 21.6. The number of carbonyl (C=O) groups excluding carboxylic acids is 2. The van der Waals surface area contributed by atoms with E-state index in [1.807, 2.05) is 0 Å². The van der Waals surface area contributed by atoms with Gasteiger partial charge < -0.3 is 24.4 Å². The minimum absolute atomic E-state index is 0.143. The molecular formula is C9H14O7. The van der Waals surface area contributed by atoms with E-state index in [2.05, 4.69) is 0 Å². The SMILES string of the molecule is CC(=O)O[C@H]1[C@@H](O)[C@@H](O)OC[C@H]1OC(C)=O. The minimum Gasteiger partial charge on any atom is -0.456 e. The Labute approximate surface area is 91.9 Å². The van der Waals surface area contributed by atoms with Crippen molar-refractivity contribution in [3.8, 4) is 0 Å². The van der Waals surface area contributed by atoms with Crippen molar-refractivity contribution in [1.82, 2.24) is 0 Å². The molecule has 1 heterocycles. The molecule has 0 aliphatic carbocycles. The lowest BCUT2D eigenvalue weighted by Gasteiger charge is -2.36. The summed E-state index contributed by atoms with van der Waals surface area (Å²) >= 11 is 0. The molecule has 1 saturated heterocycles. The van der Waals surface area contributed by atoms with E-state index in [4.69, 9.17) is 14.2 Å². The molecule has 0 spiro atoms. The van der Waals surface area contributed by atoms with E-state index in [9.17, 15) is 19.8 Å². The topological polar surface area (TPSA) is 102 Å². The molecule has 7 nitrogen and oxygen atoms in total. The first-order valence-corrected chi connectivity index (χ1v) is 4.74. The third kappa shape index (κ3) is 3.16. The molecule has 0 aromatic rings. The van der Waals surface area contributed by atoms with Crippen molar-refractivity contribution in [3.63, 3.8) is 0 Å². The van der Waals surface area contributed by atoms with Crippen LogP contribution in [0.3, 0.4) is 0 Å². The van der Waals surface area contributed by atoms with Gasteiger partial charge in [-0.1, -0.05) is 0 Å². The van der Waals surface area contributed by atoms with Crippen molar-refractivity contribution in [2.45, 2.75) is 38.4 Å². The normalized spacial score (nSPS) is 34.2. The first-order chi connectivity index (χ1) is 7.41. The summed E-state index contributed by atoms with van der Waals surface area (Å²) < 4.78 is 14.3. The molecule has 0 amide bonds. The van der Waals surface area contributed by atoms with E-state index in [1.54, 1.807) is 0 Å². The van der Waals surface area contributed by atoms with Crippen LogP contribution in [-0.4, -0.2) is 53.4 Å². The number of ether oxygens (including phenoxy) is 3. The van der Waals surface area contributed by atoms with Crippen molar-refractivity contribution in [2.24, 2.45) is 0 Å². The molecule has 0 saturated carbocycles. The molecule has 4 atom stereocenters. The van der Waals surface area contributed by atoms with Gasteiger partial charge in [-0.15, -0.1) is 0 Å². The van der Waals surface area contributed by atoms with E-state index in [0.29, 0.717) is 0 Å². The molecule has 1 aliphatic rings. The highest BCUT2D eigenvalue weighted by Crippen LogP contribution is 2.19. The van der Waals surface area contributed by atoms with Gasteiger partial charge in [-0.2, -0.15) is 0 Å². The number of esters is 2. The van der Waals surface area contributed by atoms with Crippen molar-refractivity contribution < 1.29 is 34.0 Å². The fourth-order valence-corrected chi connectivity index (χ4v) is 1.42. The first-order valence-electron chi connectivity index (χ1n) is 4.74. The maximum absolute atomic E-state index is 10.8. The van der Waals surface area contributed by atoms with Crippen LogP contribution in [-0.2, 0) is 23.8 Å². The third-order valence-electron chi connectivity index (χ3n) is 2.05. The summed E-state index contributed by atoms with van der Waals surface area (Å²) in [6, 6.07) is 0. The van der Waals surface area contributed by atoms with Gasteiger partial charge in [0.25, 0.3) is 0 Å². The highest BCUT2D eigenvalue weighted by molar-refractivity contribution is 5.67. The lowest BCUT2D eigenvalue weighted by atomic mass is 10.1. The maximum atomic E-state index is 10.8. The van der Waals surface area contributed by atoms with E-state index in [-0.39, 0.29) is 6.61 Å². The number of hydrogen-bond acceptors (Lipinski definition) is 7. The zero-order chi connectivity index (χ0) is 12.3. The molecule has 1 aliphatic heterocycles. The second kappa shape index (κ2) is 5.24. The standard InChI is InChI=1S/C9H14O7/c1-4(10)15-6-3-14-9(13)7(12)8(6)16-5(2)11/h6-9,12-13H,3H2,1-2H3/t6-,7-,8-,9+/m1/s1. The fraction of sp³-hybridized carbons (Fsp3) is 0.778. The molecule has 7 heteroatoms. The van der Waals surface area contributed by atoms with Gasteiger partial charge >= 0.3 is 11.9 Å². The Hall–Kier alpha value is -1.18. The summed E-state index contributed by atoms with van der Waals surface area (Å²) in [7, 11) is 0. The Balaban J connectivity index is 2.72. The van der Waals surface area contributed by atoms with Crippen LogP contribution in [0.2, 0.25) is 0 Å². The van der Waals surface area contributed by atoms with E-state index < -0.39 is 36.5 Å². The molecule has 1 rings (SSSR count). The van der Waals surface area contributed by atoms with Crippen LogP contribution in [0.25, 0.3) is 0 Å². The van der Waals surface area contributed by atoms with Crippen LogP contribution in [0.5, 0.6) is 0 Å². The van der Waals surface area contributed by atoms with Crippen LogP contribution >= 0.6 is 0 Å². The zero-order valence-corrected chi connectivity index (χ0v) is 8.95. The largest absolute Gasteiger partial charge is 0.456 e. The summed E-state index contributed by atoms with van der Waals surface area (Å²) in [6.07, 6.45) is -4.94. The second-order valence-electron chi connectivity index (χ2n) is 3.44. The highest BCUT2D eigenvalue weighted by Gasteiger charge is 2.42. The summed E-state index contributed by atoms with van der Waals surface area (Å²) in [6.45, 7) is 2.19. The molecule has 0 unspecified atom stereocenters. The summed E-state index contributed by atoms with van der Waals surface area (Å²) in [5.74, 6) is -1.23. The monoisotopic (exact) mass is 234 g/mol. The van der Waals surface area contributed by atoms with Gasteiger partial charge in [-0.3, -0.25) is 9.59 Å². The maximum Gasteiger partial charge on any atom is 0.303 e. The van der Waals surface area contributed by atoms with Crippen molar-refractivity contribution in [2.75, 3.05) is 6.61 Å². The van der Waals surface area contributed by atoms with E-state index >= 15 is 0 Å². The molecular weight excluding hydrogens is 220 g/mol. The Morgan fingerprint density at radius 2 is 1.75 bits per heavy atom. The number of rotatable bonds is 2. The van der Waals surface area contributed by atoms with E-state index in [0.717, 1.165) is 6.92 Å². The molecule has 16 heavy (non-hydrogen) atoms. The highest BCUT2D eigenvalue weighted by atomic mass is 16.7. The minimum atomic E-state index is -1.46. The van der Waals surface area contributed by atoms with Gasteiger partial charge in [0.1, 0.15) is 6.10 Å². The van der Waals surface area contributed by atoms with Crippen LogP contribution < -0.4 is 0 Å². The second-order valence-corrected chi connectivity index (χ2v) is 3.44. The van der Waals surface area contributed by atoms with Crippen molar-refractivity contribution >= 4 is 11.9 Å². The fourth-order valence-electron chi connectivity index (χ4n) is 1.42.